The second-order valence-corrected chi connectivity index (χ2v) is 7.12. The summed E-state index contributed by atoms with van der Waals surface area (Å²) in [5.74, 6) is -0.197. The Bertz CT molecular complexity index is 882. The van der Waals surface area contributed by atoms with Gasteiger partial charge in [-0.05, 0) is 45.2 Å². The van der Waals surface area contributed by atoms with E-state index in [1.165, 1.54) is 0 Å². The van der Waals surface area contributed by atoms with Crippen LogP contribution in [0.3, 0.4) is 0 Å². The Hall–Kier alpha value is -2.70. The fraction of sp³-hybridized carbons (Fsp3) is 0.500. The molecule has 3 rings (SSSR count). The fourth-order valence-corrected chi connectivity index (χ4v) is 3.68. The maximum absolute atomic E-state index is 12.4. The number of aromatic amines is 1. The lowest BCUT2D eigenvalue weighted by atomic mass is 9.97. The molecule has 1 fully saturated rings. The van der Waals surface area contributed by atoms with E-state index in [0.717, 1.165) is 19.3 Å². The predicted octanol–water partition coefficient (Wildman–Crippen LogP) is 2.19. The van der Waals surface area contributed by atoms with E-state index in [9.17, 15) is 14.4 Å². The highest BCUT2D eigenvalue weighted by atomic mass is 16.5. The molecule has 7 heteroatoms. The summed E-state index contributed by atoms with van der Waals surface area (Å²) in [5, 5.41) is 0.513. The van der Waals surface area contributed by atoms with Gasteiger partial charge in [0.15, 0.2) is 6.61 Å². The molecule has 1 aliphatic heterocycles. The van der Waals surface area contributed by atoms with Gasteiger partial charge in [0.1, 0.15) is 5.82 Å². The topological polar surface area (TPSA) is 92.4 Å². The zero-order chi connectivity index (χ0) is 19.4. The summed E-state index contributed by atoms with van der Waals surface area (Å²) in [6.45, 7) is 3.81. The second-order valence-electron chi connectivity index (χ2n) is 7.12. The van der Waals surface area contributed by atoms with Gasteiger partial charge in [0.05, 0.1) is 17.3 Å². The first-order valence-electron chi connectivity index (χ1n) is 9.40. The molecule has 0 aliphatic carbocycles. The van der Waals surface area contributed by atoms with Crippen LogP contribution in [0.5, 0.6) is 0 Å². The molecule has 27 heavy (non-hydrogen) atoms. The Morgan fingerprint density at radius 3 is 2.67 bits per heavy atom. The standard InChI is InChI=1S/C20H25N3O4/c1-13-6-5-7-14(2)23(13)18(24)12-27-19(25)11-10-17-21-16-9-4-3-8-15(16)20(26)22-17/h3-4,8-9,13-14H,5-7,10-12H2,1-2H3,(H,21,22,26)/t13-,14-/m0/s1. The number of nitrogens with one attached hydrogen (secondary N) is 1. The number of esters is 1. The lowest BCUT2D eigenvalue weighted by Gasteiger charge is -2.38. The normalized spacial score (nSPS) is 19.9. The number of fused-ring (bicyclic) bond motifs is 1. The van der Waals surface area contributed by atoms with Crippen LogP contribution in [0, 0.1) is 0 Å². The first-order chi connectivity index (χ1) is 13.0. The first-order valence-corrected chi connectivity index (χ1v) is 9.40. The first kappa shape index (κ1) is 19.1. The van der Waals surface area contributed by atoms with E-state index >= 15 is 0 Å². The molecule has 1 saturated heterocycles. The molecule has 1 amide bonds. The Balaban J connectivity index is 1.53. The molecule has 0 saturated carbocycles. The zero-order valence-electron chi connectivity index (χ0n) is 15.7. The number of carbonyl (C=O) groups is 2. The molecule has 2 heterocycles. The van der Waals surface area contributed by atoms with Gasteiger partial charge in [-0.3, -0.25) is 14.4 Å². The average Bonchev–Trinajstić information content (AvgIpc) is 2.64. The van der Waals surface area contributed by atoms with Gasteiger partial charge in [0, 0.05) is 18.5 Å². The number of hydrogen-bond donors (Lipinski definition) is 1. The van der Waals surface area contributed by atoms with Crippen molar-refractivity contribution in [1.82, 2.24) is 14.9 Å². The summed E-state index contributed by atoms with van der Waals surface area (Å²) in [6.07, 6.45) is 3.38. The maximum Gasteiger partial charge on any atom is 0.306 e. The summed E-state index contributed by atoms with van der Waals surface area (Å²) in [7, 11) is 0. The van der Waals surface area contributed by atoms with Gasteiger partial charge in [-0.1, -0.05) is 12.1 Å². The highest BCUT2D eigenvalue weighted by Gasteiger charge is 2.29. The van der Waals surface area contributed by atoms with Crippen molar-refractivity contribution < 1.29 is 14.3 Å². The molecule has 7 nitrogen and oxygen atoms in total. The highest BCUT2D eigenvalue weighted by Crippen LogP contribution is 2.22. The Morgan fingerprint density at radius 2 is 1.93 bits per heavy atom. The molecular weight excluding hydrogens is 346 g/mol. The van der Waals surface area contributed by atoms with Gasteiger partial charge in [0.25, 0.3) is 11.5 Å². The molecule has 1 aliphatic rings. The van der Waals surface area contributed by atoms with Gasteiger partial charge in [-0.15, -0.1) is 0 Å². The quantitative estimate of drug-likeness (QED) is 0.814. The highest BCUT2D eigenvalue weighted by molar-refractivity contribution is 5.81. The third-order valence-corrected chi connectivity index (χ3v) is 5.07. The van der Waals surface area contributed by atoms with Gasteiger partial charge in [-0.25, -0.2) is 4.98 Å². The van der Waals surface area contributed by atoms with Crippen molar-refractivity contribution in [3.8, 4) is 0 Å². The summed E-state index contributed by atoms with van der Waals surface area (Å²) in [6, 6.07) is 7.39. The number of aryl methyl sites for hydroxylation is 1. The van der Waals surface area contributed by atoms with Gasteiger partial charge < -0.3 is 14.6 Å². The minimum Gasteiger partial charge on any atom is -0.456 e. The number of benzene rings is 1. The molecule has 2 atom stereocenters. The number of carbonyl (C=O) groups excluding carboxylic acids is 2. The monoisotopic (exact) mass is 371 g/mol. The number of nitrogens with zero attached hydrogens (tertiary/aromatic N) is 2. The van der Waals surface area contributed by atoms with Crippen molar-refractivity contribution in [2.24, 2.45) is 0 Å². The third kappa shape index (κ3) is 4.53. The average molecular weight is 371 g/mol. The third-order valence-electron chi connectivity index (χ3n) is 5.07. The van der Waals surface area contributed by atoms with Crippen LogP contribution in [0.15, 0.2) is 29.1 Å². The van der Waals surface area contributed by atoms with Crippen molar-refractivity contribution >= 4 is 22.8 Å². The van der Waals surface area contributed by atoms with Crippen LogP contribution in [-0.4, -0.2) is 45.4 Å². The van der Waals surface area contributed by atoms with Crippen molar-refractivity contribution in [2.45, 2.75) is 58.0 Å². The van der Waals surface area contributed by atoms with Crippen molar-refractivity contribution in [3.63, 3.8) is 0 Å². The SMILES string of the molecule is C[C@H]1CCC[C@H](C)N1C(=O)COC(=O)CCc1nc2ccccc2c(=O)[nH]1. The Morgan fingerprint density at radius 1 is 1.22 bits per heavy atom. The number of H-pyrrole nitrogens is 1. The summed E-state index contributed by atoms with van der Waals surface area (Å²) in [4.78, 5) is 45.3. The second kappa shape index (κ2) is 8.33. The maximum atomic E-state index is 12.4. The summed E-state index contributed by atoms with van der Waals surface area (Å²) in [5.41, 5.74) is 0.361. The summed E-state index contributed by atoms with van der Waals surface area (Å²) >= 11 is 0. The number of rotatable bonds is 5. The lowest BCUT2D eigenvalue weighted by Crippen LogP contribution is -2.49. The van der Waals surface area contributed by atoms with Crippen molar-refractivity contribution in [3.05, 3.63) is 40.4 Å². The van der Waals surface area contributed by atoms with E-state index < -0.39 is 5.97 Å². The molecule has 144 valence electrons. The van der Waals surface area contributed by atoms with Crippen LogP contribution < -0.4 is 5.56 Å². The molecule has 0 spiro atoms. The summed E-state index contributed by atoms with van der Waals surface area (Å²) < 4.78 is 5.14. The van der Waals surface area contributed by atoms with Crippen LogP contribution in [0.4, 0.5) is 0 Å². The number of para-hydroxylation sites is 1. The molecule has 0 bridgehead atoms. The number of aromatic nitrogens is 2. The van der Waals surface area contributed by atoms with Crippen LogP contribution >= 0.6 is 0 Å². The molecule has 2 aromatic rings. The van der Waals surface area contributed by atoms with Gasteiger partial charge >= 0.3 is 5.97 Å². The van der Waals surface area contributed by atoms with Gasteiger partial charge in [0.2, 0.25) is 0 Å². The molecular formula is C20H25N3O4. The fourth-order valence-electron chi connectivity index (χ4n) is 3.68. The number of amides is 1. The van der Waals surface area contributed by atoms with E-state index in [1.807, 2.05) is 18.7 Å². The molecule has 0 unspecified atom stereocenters. The Kier molecular flexibility index (Phi) is 5.88. The molecule has 1 N–H and O–H groups in total. The lowest BCUT2D eigenvalue weighted by molar-refractivity contribution is -0.154. The van der Waals surface area contributed by atoms with Crippen LogP contribution in [0.2, 0.25) is 0 Å². The van der Waals surface area contributed by atoms with E-state index in [2.05, 4.69) is 9.97 Å². The smallest absolute Gasteiger partial charge is 0.306 e. The molecule has 1 aromatic carbocycles. The van der Waals surface area contributed by atoms with Crippen LogP contribution in [0.25, 0.3) is 10.9 Å². The van der Waals surface area contributed by atoms with Crippen molar-refractivity contribution in [2.75, 3.05) is 6.61 Å². The zero-order valence-corrected chi connectivity index (χ0v) is 15.7. The minimum absolute atomic E-state index is 0.0552. The number of likely N-dealkylation sites (tertiary alicyclic amines) is 1. The van der Waals surface area contributed by atoms with E-state index in [-0.39, 0.29) is 43.0 Å². The predicted molar refractivity (Wildman–Crippen MR) is 101 cm³/mol. The van der Waals surface area contributed by atoms with E-state index in [1.54, 1.807) is 24.3 Å². The molecule has 1 aromatic heterocycles. The minimum atomic E-state index is -0.475. The van der Waals surface area contributed by atoms with E-state index in [0.29, 0.717) is 16.7 Å². The van der Waals surface area contributed by atoms with Gasteiger partial charge in [-0.2, -0.15) is 0 Å². The van der Waals surface area contributed by atoms with E-state index in [4.69, 9.17) is 4.74 Å². The number of ether oxygens (including phenoxy) is 1. The van der Waals surface area contributed by atoms with Crippen molar-refractivity contribution in [1.29, 1.82) is 0 Å². The van der Waals surface area contributed by atoms with Crippen LogP contribution in [-0.2, 0) is 20.7 Å². The number of piperidine rings is 1. The Labute approximate surface area is 157 Å². The molecule has 0 radical (unpaired) electrons. The number of hydrogen-bond acceptors (Lipinski definition) is 5. The largest absolute Gasteiger partial charge is 0.456 e. The van der Waals surface area contributed by atoms with Crippen LogP contribution in [0.1, 0.15) is 45.4 Å².